The second-order valence-corrected chi connectivity index (χ2v) is 5.72. The van der Waals surface area contributed by atoms with E-state index < -0.39 is 5.97 Å². The molecule has 2 N–H and O–H groups in total. The Hall–Kier alpha value is -2.04. The van der Waals surface area contributed by atoms with Crippen LogP contribution < -0.4 is 5.32 Å². The van der Waals surface area contributed by atoms with Crippen molar-refractivity contribution in [1.82, 2.24) is 10.2 Å². The molecule has 0 saturated heterocycles. The average molecular weight is 290 g/mol. The maximum Gasteiger partial charge on any atom is 0.323 e. The summed E-state index contributed by atoms with van der Waals surface area (Å²) < 4.78 is 0. The van der Waals surface area contributed by atoms with Crippen molar-refractivity contribution in [2.24, 2.45) is 5.92 Å². The number of hydrogen-bond acceptors (Lipinski definition) is 2. The SMILES string of the molecule is CC(CNC(=O)N(CC(=O)O)CC1CC1)c1ccccc1. The molecule has 1 fully saturated rings. The molecule has 1 saturated carbocycles. The van der Waals surface area contributed by atoms with Gasteiger partial charge in [0.2, 0.25) is 0 Å². The molecule has 2 rings (SSSR count). The first-order chi connectivity index (χ1) is 10.1. The molecule has 1 aliphatic carbocycles. The zero-order chi connectivity index (χ0) is 15.2. The first-order valence-electron chi connectivity index (χ1n) is 7.35. The summed E-state index contributed by atoms with van der Waals surface area (Å²) in [7, 11) is 0. The monoisotopic (exact) mass is 290 g/mol. The molecule has 114 valence electrons. The smallest absolute Gasteiger partial charge is 0.323 e. The molecular weight excluding hydrogens is 268 g/mol. The van der Waals surface area contributed by atoms with Crippen molar-refractivity contribution in [3.63, 3.8) is 0 Å². The Bertz CT molecular complexity index is 486. The number of urea groups is 1. The van der Waals surface area contributed by atoms with E-state index in [-0.39, 0.29) is 18.5 Å². The lowest BCUT2D eigenvalue weighted by molar-refractivity contribution is -0.137. The lowest BCUT2D eigenvalue weighted by Gasteiger charge is -2.22. The van der Waals surface area contributed by atoms with E-state index in [4.69, 9.17) is 5.11 Å². The number of carbonyl (C=O) groups is 2. The molecule has 1 aromatic rings. The third-order valence-corrected chi connectivity index (χ3v) is 3.72. The van der Waals surface area contributed by atoms with Gasteiger partial charge in [0.25, 0.3) is 0 Å². The molecule has 0 radical (unpaired) electrons. The maximum absolute atomic E-state index is 12.1. The zero-order valence-corrected chi connectivity index (χ0v) is 12.3. The van der Waals surface area contributed by atoms with Gasteiger partial charge < -0.3 is 15.3 Å². The highest BCUT2D eigenvalue weighted by Gasteiger charge is 2.28. The van der Waals surface area contributed by atoms with Gasteiger partial charge in [0.05, 0.1) is 0 Å². The lowest BCUT2D eigenvalue weighted by Crippen LogP contribution is -2.44. The van der Waals surface area contributed by atoms with Gasteiger partial charge in [-0.3, -0.25) is 4.79 Å². The predicted molar refractivity (Wildman–Crippen MR) is 80.2 cm³/mol. The standard InChI is InChI=1S/C16H22N2O3/c1-12(14-5-3-2-4-6-14)9-17-16(21)18(11-15(19)20)10-13-7-8-13/h2-6,12-13H,7-11H2,1H3,(H,17,21)(H,19,20). The fourth-order valence-electron chi connectivity index (χ4n) is 2.25. The number of aliphatic carboxylic acids is 1. The molecule has 0 spiro atoms. The largest absolute Gasteiger partial charge is 0.480 e. The Labute approximate surface area is 125 Å². The van der Waals surface area contributed by atoms with Crippen LogP contribution in [0, 0.1) is 5.92 Å². The number of nitrogens with one attached hydrogen (secondary N) is 1. The van der Waals surface area contributed by atoms with Crippen LogP contribution in [0.4, 0.5) is 4.79 Å². The zero-order valence-electron chi connectivity index (χ0n) is 12.3. The van der Waals surface area contributed by atoms with Gasteiger partial charge in [-0.05, 0) is 30.2 Å². The molecule has 5 heteroatoms. The third-order valence-electron chi connectivity index (χ3n) is 3.72. The van der Waals surface area contributed by atoms with Crippen LogP contribution in [0.15, 0.2) is 30.3 Å². The minimum Gasteiger partial charge on any atom is -0.480 e. The number of carbonyl (C=O) groups excluding carboxylic acids is 1. The molecule has 1 aliphatic rings. The first kappa shape index (κ1) is 15.4. The molecule has 1 unspecified atom stereocenters. The normalized spacial score (nSPS) is 15.3. The van der Waals surface area contributed by atoms with E-state index in [0.717, 1.165) is 18.4 Å². The number of rotatable bonds is 7. The third kappa shape index (κ3) is 5.10. The van der Waals surface area contributed by atoms with Crippen LogP contribution in [0.25, 0.3) is 0 Å². The molecule has 5 nitrogen and oxygen atoms in total. The van der Waals surface area contributed by atoms with Gasteiger partial charge in [0.1, 0.15) is 6.54 Å². The summed E-state index contributed by atoms with van der Waals surface area (Å²) in [6, 6.07) is 9.66. The van der Waals surface area contributed by atoms with Gasteiger partial charge >= 0.3 is 12.0 Å². The number of nitrogens with zero attached hydrogens (tertiary/aromatic N) is 1. The van der Waals surface area contributed by atoms with Crippen LogP contribution in [0.1, 0.15) is 31.2 Å². The van der Waals surface area contributed by atoms with Crippen LogP contribution in [-0.4, -0.2) is 41.6 Å². The summed E-state index contributed by atoms with van der Waals surface area (Å²) in [6.07, 6.45) is 2.17. The molecule has 1 atom stereocenters. The molecule has 0 aliphatic heterocycles. The van der Waals surface area contributed by atoms with Crippen LogP contribution in [0.3, 0.4) is 0 Å². The number of carboxylic acids is 1. The fourth-order valence-corrected chi connectivity index (χ4v) is 2.25. The molecular formula is C16H22N2O3. The summed E-state index contributed by atoms with van der Waals surface area (Å²) >= 11 is 0. The Morgan fingerprint density at radius 2 is 2.00 bits per heavy atom. The van der Waals surface area contributed by atoms with E-state index in [2.05, 4.69) is 5.32 Å². The summed E-state index contributed by atoms with van der Waals surface area (Å²) in [5.41, 5.74) is 1.16. The van der Waals surface area contributed by atoms with E-state index in [0.29, 0.717) is 19.0 Å². The number of hydrogen-bond donors (Lipinski definition) is 2. The molecule has 0 bridgehead atoms. The van der Waals surface area contributed by atoms with Gasteiger partial charge in [-0.15, -0.1) is 0 Å². The minimum absolute atomic E-state index is 0.197. The number of amides is 2. The Morgan fingerprint density at radius 1 is 1.33 bits per heavy atom. The van der Waals surface area contributed by atoms with Gasteiger partial charge in [0, 0.05) is 13.1 Å². The second-order valence-electron chi connectivity index (χ2n) is 5.72. The molecule has 21 heavy (non-hydrogen) atoms. The van der Waals surface area contributed by atoms with Crippen molar-refractivity contribution in [1.29, 1.82) is 0 Å². The Kier molecular flexibility index (Phi) is 5.20. The van der Waals surface area contributed by atoms with E-state index in [1.807, 2.05) is 37.3 Å². The summed E-state index contributed by atoms with van der Waals surface area (Å²) in [5.74, 6) is -0.300. The Morgan fingerprint density at radius 3 is 2.57 bits per heavy atom. The predicted octanol–water partition coefficient (Wildman–Crippen LogP) is 2.30. The van der Waals surface area contributed by atoms with Gasteiger partial charge in [-0.1, -0.05) is 37.3 Å². The van der Waals surface area contributed by atoms with Crippen molar-refractivity contribution in [3.05, 3.63) is 35.9 Å². The van der Waals surface area contributed by atoms with Crippen LogP contribution in [0.5, 0.6) is 0 Å². The highest BCUT2D eigenvalue weighted by atomic mass is 16.4. The number of carboxylic acid groups (broad SMARTS) is 1. The highest BCUT2D eigenvalue weighted by molar-refractivity contribution is 5.80. The molecule has 1 aromatic carbocycles. The molecule has 2 amide bonds. The van der Waals surface area contributed by atoms with E-state index in [1.165, 1.54) is 4.90 Å². The first-order valence-corrected chi connectivity index (χ1v) is 7.35. The van der Waals surface area contributed by atoms with Gasteiger partial charge in [-0.2, -0.15) is 0 Å². The van der Waals surface area contributed by atoms with Crippen molar-refractivity contribution in [3.8, 4) is 0 Å². The van der Waals surface area contributed by atoms with Gasteiger partial charge in [-0.25, -0.2) is 4.79 Å². The van der Waals surface area contributed by atoms with E-state index in [1.54, 1.807) is 0 Å². The lowest BCUT2D eigenvalue weighted by atomic mass is 10.0. The number of benzene rings is 1. The topological polar surface area (TPSA) is 69.6 Å². The van der Waals surface area contributed by atoms with Crippen LogP contribution in [-0.2, 0) is 4.79 Å². The van der Waals surface area contributed by atoms with E-state index in [9.17, 15) is 9.59 Å². The average Bonchev–Trinajstić information content (AvgIpc) is 3.28. The van der Waals surface area contributed by atoms with Crippen LogP contribution in [0.2, 0.25) is 0 Å². The summed E-state index contributed by atoms with van der Waals surface area (Å²) in [6.45, 7) is 2.85. The minimum atomic E-state index is -0.970. The quantitative estimate of drug-likeness (QED) is 0.809. The Balaban J connectivity index is 1.84. The van der Waals surface area contributed by atoms with Gasteiger partial charge in [0.15, 0.2) is 0 Å². The summed E-state index contributed by atoms with van der Waals surface area (Å²) in [4.78, 5) is 24.4. The van der Waals surface area contributed by atoms with Crippen molar-refractivity contribution in [2.75, 3.05) is 19.6 Å². The van der Waals surface area contributed by atoms with E-state index >= 15 is 0 Å². The molecule has 0 aromatic heterocycles. The van der Waals surface area contributed by atoms with Crippen molar-refractivity contribution in [2.45, 2.75) is 25.7 Å². The second kappa shape index (κ2) is 7.11. The fraction of sp³-hybridized carbons (Fsp3) is 0.500. The highest BCUT2D eigenvalue weighted by Crippen LogP contribution is 2.29. The molecule has 0 heterocycles. The maximum atomic E-state index is 12.1. The van der Waals surface area contributed by atoms with Crippen molar-refractivity contribution < 1.29 is 14.7 Å². The van der Waals surface area contributed by atoms with Crippen molar-refractivity contribution >= 4 is 12.0 Å². The van der Waals surface area contributed by atoms with Crippen LogP contribution >= 0.6 is 0 Å². The summed E-state index contributed by atoms with van der Waals surface area (Å²) in [5, 5.41) is 11.7.